The molecule has 9 heteroatoms. The number of thiophene rings is 1. The highest BCUT2D eigenvalue weighted by molar-refractivity contribution is 7.23. The van der Waals surface area contributed by atoms with Crippen molar-refractivity contribution in [3.8, 4) is 22.1 Å². The Kier molecular flexibility index (Phi) is 6.90. The predicted octanol–water partition coefficient (Wildman–Crippen LogP) is 5.70. The number of carbonyl (C=O) groups is 1. The first-order valence-electron chi connectivity index (χ1n) is 10.3. The standard InChI is InChI=1S/C24H23N3O3S2.ClH/c1-27-12-11-14-19(13-27)32-24(20(14)23-25-16-8-4-5-10-18(16)31-23)26-22(28)15-7-6-9-17(29-2)21(15)30-3;/h4-10H,11-13H2,1-3H3,(H,26,28);1H. The van der Waals surface area contributed by atoms with Crippen molar-refractivity contribution in [2.75, 3.05) is 33.1 Å². The molecule has 0 spiro atoms. The van der Waals surface area contributed by atoms with Gasteiger partial charge in [-0.3, -0.25) is 4.79 Å². The number of likely N-dealkylation sites (N-methyl/N-ethyl adjacent to an activating group) is 1. The fraction of sp³-hybridized carbons (Fsp3) is 0.250. The summed E-state index contributed by atoms with van der Waals surface area (Å²) in [6.45, 7) is 1.86. The summed E-state index contributed by atoms with van der Waals surface area (Å²) in [7, 11) is 5.23. The van der Waals surface area contributed by atoms with Gasteiger partial charge >= 0.3 is 0 Å². The molecule has 0 saturated heterocycles. The van der Waals surface area contributed by atoms with E-state index in [2.05, 4.69) is 23.3 Å². The molecule has 2 aromatic carbocycles. The molecule has 2 aromatic heterocycles. The Balaban J connectivity index is 0.00000259. The third kappa shape index (κ3) is 4.31. The minimum absolute atomic E-state index is 0. The summed E-state index contributed by atoms with van der Waals surface area (Å²) in [5.74, 6) is 0.726. The van der Waals surface area contributed by atoms with Gasteiger partial charge in [0.05, 0.1) is 30.0 Å². The van der Waals surface area contributed by atoms with Gasteiger partial charge in [-0.05, 0) is 43.3 Å². The molecular formula is C24H24ClN3O3S2. The van der Waals surface area contributed by atoms with Crippen LogP contribution in [0.25, 0.3) is 20.8 Å². The van der Waals surface area contributed by atoms with Crippen LogP contribution in [0.4, 0.5) is 5.00 Å². The van der Waals surface area contributed by atoms with Gasteiger partial charge in [-0.25, -0.2) is 4.98 Å². The molecule has 3 heterocycles. The lowest BCUT2D eigenvalue weighted by Crippen LogP contribution is -2.25. The molecule has 0 atom stereocenters. The monoisotopic (exact) mass is 501 g/mol. The number of aromatic nitrogens is 1. The molecule has 1 N–H and O–H groups in total. The topological polar surface area (TPSA) is 63.7 Å². The number of fused-ring (bicyclic) bond motifs is 2. The molecule has 0 saturated carbocycles. The van der Waals surface area contributed by atoms with Crippen LogP contribution in [0.5, 0.6) is 11.5 Å². The number of benzene rings is 2. The molecule has 1 aliphatic heterocycles. The number of hydrogen-bond donors (Lipinski definition) is 1. The Morgan fingerprint density at radius 2 is 1.91 bits per heavy atom. The molecule has 172 valence electrons. The smallest absolute Gasteiger partial charge is 0.260 e. The van der Waals surface area contributed by atoms with Crippen molar-refractivity contribution >= 4 is 56.2 Å². The summed E-state index contributed by atoms with van der Waals surface area (Å²) in [6.07, 6.45) is 0.936. The van der Waals surface area contributed by atoms with Crippen LogP contribution in [0.2, 0.25) is 0 Å². The van der Waals surface area contributed by atoms with Crippen molar-refractivity contribution in [1.82, 2.24) is 9.88 Å². The number of hydrogen-bond acceptors (Lipinski definition) is 7. The second-order valence-corrected chi connectivity index (χ2v) is 9.81. The number of nitrogens with zero attached hydrogens (tertiary/aromatic N) is 2. The summed E-state index contributed by atoms with van der Waals surface area (Å²) in [5.41, 5.74) is 3.76. The lowest BCUT2D eigenvalue weighted by molar-refractivity contribution is 0.102. The zero-order valence-corrected chi connectivity index (χ0v) is 21.0. The fourth-order valence-corrected chi connectivity index (χ4v) is 6.49. The average Bonchev–Trinajstić information content (AvgIpc) is 3.38. The highest BCUT2D eigenvalue weighted by Crippen LogP contribution is 2.46. The minimum atomic E-state index is -0.227. The first-order chi connectivity index (χ1) is 15.6. The third-order valence-electron chi connectivity index (χ3n) is 5.63. The molecule has 33 heavy (non-hydrogen) atoms. The van der Waals surface area contributed by atoms with Crippen LogP contribution in [-0.4, -0.2) is 43.6 Å². The summed E-state index contributed by atoms with van der Waals surface area (Å²) >= 11 is 3.30. The predicted molar refractivity (Wildman–Crippen MR) is 138 cm³/mol. The number of nitrogens with one attached hydrogen (secondary N) is 1. The van der Waals surface area contributed by atoms with E-state index < -0.39 is 0 Å². The van der Waals surface area contributed by atoms with Crippen molar-refractivity contribution in [2.45, 2.75) is 13.0 Å². The van der Waals surface area contributed by atoms with Gasteiger partial charge < -0.3 is 19.7 Å². The molecule has 1 aliphatic rings. The number of rotatable bonds is 5. The Morgan fingerprint density at radius 1 is 1.09 bits per heavy atom. The number of thiazole rings is 1. The zero-order chi connectivity index (χ0) is 22.2. The number of amides is 1. The van der Waals surface area contributed by atoms with E-state index in [1.54, 1.807) is 55.1 Å². The van der Waals surface area contributed by atoms with Crippen molar-refractivity contribution in [3.05, 3.63) is 58.5 Å². The summed E-state index contributed by atoms with van der Waals surface area (Å²) in [4.78, 5) is 21.8. The number of ether oxygens (including phenoxy) is 2. The molecule has 1 amide bonds. The van der Waals surface area contributed by atoms with E-state index in [0.717, 1.165) is 45.3 Å². The molecule has 0 unspecified atom stereocenters. The summed E-state index contributed by atoms with van der Waals surface area (Å²) in [5, 5.41) is 4.94. The minimum Gasteiger partial charge on any atom is -0.493 e. The van der Waals surface area contributed by atoms with E-state index in [1.165, 1.54) is 10.4 Å². The van der Waals surface area contributed by atoms with Crippen molar-refractivity contribution in [3.63, 3.8) is 0 Å². The maximum absolute atomic E-state index is 13.3. The van der Waals surface area contributed by atoms with E-state index >= 15 is 0 Å². The Hall–Kier alpha value is -2.65. The highest BCUT2D eigenvalue weighted by atomic mass is 35.5. The maximum atomic E-state index is 13.3. The summed E-state index contributed by atoms with van der Waals surface area (Å²) < 4.78 is 12.0. The van der Waals surface area contributed by atoms with Crippen molar-refractivity contribution in [1.29, 1.82) is 0 Å². The van der Waals surface area contributed by atoms with Crippen molar-refractivity contribution < 1.29 is 14.3 Å². The van der Waals surface area contributed by atoms with Crippen LogP contribution >= 0.6 is 35.1 Å². The second-order valence-electron chi connectivity index (χ2n) is 7.68. The normalized spacial score (nSPS) is 13.3. The largest absolute Gasteiger partial charge is 0.493 e. The van der Waals surface area contributed by atoms with Crippen LogP contribution in [0.15, 0.2) is 42.5 Å². The van der Waals surface area contributed by atoms with Gasteiger partial charge in [-0.1, -0.05) is 18.2 Å². The zero-order valence-electron chi connectivity index (χ0n) is 18.5. The molecule has 0 radical (unpaired) electrons. The lowest BCUT2D eigenvalue weighted by atomic mass is 10.0. The van der Waals surface area contributed by atoms with Gasteiger partial charge in [0.15, 0.2) is 11.5 Å². The van der Waals surface area contributed by atoms with Gasteiger partial charge in [0.1, 0.15) is 10.0 Å². The van der Waals surface area contributed by atoms with Crippen LogP contribution < -0.4 is 14.8 Å². The number of anilines is 1. The van der Waals surface area contributed by atoms with Gasteiger partial charge in [0.2, 0.25) is 0 Å². The van der Waals surface area contributed by atoms with Gasteiger partial charge in [0, 0.05) is 23.5 Å². The average molecular weight is 502 g/mol. The molecule has 0 bridgehead atoms. The van der Waals surface area contributed by atoms with Gasteiger partial charge in [-0.15, -0.1) is 35.1 Å². The quantitative estimate of drug-likeness (QED) is 0.380. The van der Waals surface area contributed by atoms with E-state index in [-0.39, 0.29) is 18.3 Å². The number of halogens is 1. The molecule has 0 aliphatic carbocycles. The van der Waals surface area contributed by atoms with Gasteiger partial charge in [-0.2, -0.15) is 0 Å². The molecule has 5 rings (SSSR count). The first-order valence-corrected chi connectivity index (χ1v) is 11.9. The number of carbonyl (C=O) groups excluding carboxylic acids is 1. The molecular weight excluding hydrogens is 478 g/mol. The molecule has 6 nitrogen and oxygen atoms in total. The third-order valence-corrected chi connectivity index (χ3v) is 7.82. The number of methoxy groups -OCH3 is 2. The van der Waals surface area contributed by atoms with Crippen LogP contribution in [-0.2, 0) is 13.0 Å². The Labute approximate surface area is 206 Å². The SMILES string of the molecule is COc1cccc(C(=O)Nc2sc3c(c2-c2nc4ccccc4s2)CCN(C)C3)c1OC.Cl. The molecule has 0 fully saturated rings. The van der Waals surface area contributed by atoms with E-state index in [0.29, 0.717) is 17.1 Å². The number of para-hydroxylation sites is 2. The first kappa shape index (κ1) is 23.5. The maximum Gasteiger partial charge on any atom is 0.260 e. The lowest BCUT2D eigenvalue weighted by Gasteiger charge is -2.22. The van der Waals surface area contributed by atoms with Crippen molar-refractivity contribution in [2.24, 2.45) is 0 Å². The van der Waals surface area contributed by atoms with E-state index in [4.69, 9.17) is 14.5 Å². The van der Waals surface area contributed by atoms with E-state index in [1.807, 2.05) is 18.2 Å². The van der Waals surface area contributed by atoms with Crippen LogP contribution in [0.1, 0.15) is 20.8 Å². The highest BCUT2D eigenvalue weighted by Gasteiger charge is 2.27. The van der Waals surface area contributed by atoms with Gasteiger partial charge in [0.25, 0.3) is 5.91 Å². The Morgan fingerprint density at radius 3 is 2.67 bits per heavy atom. The second kappa shape index (κ2) is 9.69. The van der Waals surface area contributed by atoms with E-state index in [9.17, 15) is 4.79 Å². The van der Waals surface area contributed by atoms with Crippen LogP contribution in [0, 0.1) is 0 Å². The Bertz CT molecular complexity index is 1280. The fourth-order valence-electron chi connectivity index (χ4n) is 4.06. The van der Waals surface area contributed by atoms with Crippen LogP contribution in [0.3, 0.4) is 0 Å². The molecule has 4 aromatic rings. The summed E-state index contributed by atoms with van der Waals surface area (Å²) in [6, 6.07) is 13.5.